The Morgan fingerprint density at radius 2 is 1.42 bits per heavy atom. The number of ether oxygens (including phenoxy) is 2. The molecule has 0 fully saturated rings. The molecule has 11 heteroatoms. The number of phosphoric acid groups is 1. The molecule has 0 N–H and O–H groups in total. The quantitative estimate of drug-likeness (QED) is 0.0475. The van der Waals surface area contributed by atoms with Crippen molar-refractivity contribution in [1.29, 1.82) is 0 Å². The van der Waals surface area contributed by atoms with Gasteiger partial charge in [0.05, 0.1) is 14.4 Å². The van der Waals surface area contributed by atoms with Gasteiger partial charge in [-0.05, 0) is 18.3 Å². The molecule has 0 saturated carbocycles. The second kappa shape index (κ2) is 25.3. The Morgan fingerprint density at radius 1 is 0.909 bits per heavy atom. The number of hydrogen-bond donors (Lipinski definition) is 0. The monoisotopic (exact) mass is 502 g/mol. The number of esters is 2. The number of rotatable bonds is 18. The van der Waals surface area contributed by atoms with Crippen LogP contribution in [0.4, 0.5) is 0 Å². The molecule has 0 aliphatic heterocycles. The maximum Gasteiger partial charge on any atom is 1.00 e. The fourth-order valence-electron chi connectivity index (χ4n) is 2.76. The second-order valence-corrected chi connectivity index (χ2v) is 8.29. The third kappa shape index (κ3) is 28.3. The molecule has 0 aromatic heterocycles. The molecule has 176 valence electrons. The molecule has 0 saturated heterocycles. The summed E-state index contributed by atoms with van der Waals surface area (Å²) in [7, 11) is -5.26. The van der Waals surface area contributed by atoms with Crippen LogP contribution in [0.1, 0.15) is 84.0 Å². The SMILES string of the molecule is C#CC#CC(=O)OC[C@@H](COP(=O)([O-])[O-])OC(=O)CCCCCCCCCCCCC.[Na+].[Na+]. The van der Waals surface area contributed by atoms with E-state index in [1.165, 1.54) is 44.9 Å². The van der Waals surface area contributed by atoms with Gasteiger partial charge in [0.2, 0.25) is 0 Å². The van der Waals surface area contributed by atoms with Gasteiger partial charge in [-0.15, -0.1) is 6.42 Å². The topological polar surface area (TPSA) is 125 Å². The van der Waals surface area contributed by atoms with Gasteiger partial charge < -0.3 is 28.3 Å². The maximum absolute atomic E-state index is 12.0. The molecular weight excluding hydrogens is 469 g/mol. The first kappa shape index (κ1) is 37.7. The van der Waals surface area contributed by atoms with Crippen molar-refractivity contribution in [3.05, 3.63) is 0 Å². The fourth-order valence-corrected chi connectivity index (χ4v) is 3.11. The van der Waals surface area contributed by atoms with Crippen molar-refractivity contribution in [2.75, 3.05) is 13.2 Å². The summed E-state index contributed by atoms with van der Waals surface area (Å²) >= 11 is 0. The summed E-state index contributed by atoms with van der Waals surface area (Å²) < 4.78 is 24.6. The Hall–Kier alpha value is 0.170. The maximum atomic E-state index is 12.0. The van der Waals surface area contributed by atoms with Crippen LogP contribution in [0.5, 0.6) is 0 Å². The van der Waals surface area contributed by atoms with Crippen molar-refractivity contribution in [3.63, 3.8) is 0 Å². The Balaban J connectivity index is -0.00000450. The zero-order chi connectivity index (χ0) is 23.4. The molecule has 0 aliphatic carbocycles. The molecule has 0 aliphatic rings. The van der Waals surface area contributed by atoms with Crippen molar-refractivity contribution in [1.82, 2.24) is 0 Å². The number of hydrogen-bond acceptors (Lipinski definition) is 8. The second-order valence-electron chi connectivity index (χ2n) is 7.13. The number of unbranched alkanes of at least 4 members (excludes halogenated alkanes) is 10. The summed E-state index contributed by atoms with van der Waals surface area (Å²) in [6.45, 7) is 0.944. The van der Waals surface area contributed by atoms with Crippen LogP contribution < -0.4 is 68.9 Å². The van der Waals surface area contributed by atoms with Crippen LogP contribution in [0.2, 0.25) is 0 Å². The van der Waals surface area contributed by atoms with Crippen LogP contribution in [-0.4, -0.2) is 31.3 Å². The molecule has 0 radical (unpaired) electrons. The third-order valence-electron chi connectivity index (χ3n) is 4.34. The van der Waals surface area contributed by atoms with E-state index < -0.39 is 39.1 Å². The first-order valence-electron chi connectivity index (χ1n) is 10.8. The van der Waals surface area contributed by atoms with Gasteiger partial charge in [0.25, 0.3) is 0 Å². The van der Waals surface area contributed by atoms with E-state index in [9.17, 15) is 23.9 Å². The van der Waals surface area contributed by atoms with Crippen molar-refractivity contribution < 1.29 is 97.1 Å². The first-order valence-corrected chi connectivity index (χ1v) is 12.2. The normalized spacial score (nSPS) is 11.0. The number of terminal acetylenes is 1. The molecule has 33 heavy (non-hydrogen) atoms. The van der Waals surface area contributed by atoms with Gasteiger partial charge in [-0.3, -0.25) is 4.79 Å². The van der Waals surface area contributed by atoms with E-state index in [1.807, 2.05) is 11.8 Å². The van der Waals surface area contributed by atoms with E-state index in [1.54, 1.807) is 0 Å². The predicted molar refractivity (Wildman–Crippen MR) is 112 cm³/mol. The molecule has 1 atom stereocenters. The van der Waals surface area contributed by atoms with Crippen LogP contribution in [0.25, 0.3) is 0 Å². The van der Waals surface area contributed by atoms with Gasteiger partial charge >= 0.3 is 71.1 Å². The third-order valence-corrected chi connectivity index (χ3v) is 4.80. The summed E-state index contributed by atoms with van der Waals surface area (Å²) in [5, 5.41) is 0. The van der Waals surface area contributed by atoms with Crippen LogP contribution in [-0.2, 0) is 28.2 Å². The van der Waals surface area contributed by atoms with Gasteiger partial charge in [0.1, 0.15) is 6.61 Å². The largest absolute Gasteiger partial charge is 1.00 e. The molecule has 0 heterocycles. The van der Waals surface area contributed by atoms with Gasteiger partial charge in [-0.25, -0.2) is 4.79 Å². The minimum absolute atomic E-state index is 0. The smallest absolute Gasteiger partial charge is 0.790 e. The minimum Gasteiger partial charge on any atom is -0.790 e. The van der Waals surface area contributed by atoms with Crippen molar-refractivity contribution in [2.24, 2.45) is 0 Å². The summed E-state index contributed by atoms with van der Waals surface area (Å²) in [6, 6.07) is 0. The molecule has 0 aromatic carbocycles. The van der Waals surface area contributed by atoms with Crippen molar-refractivity contribution in [3.8, 4) is 24.2 Å². The molecule has 0 amide bonds. The van der Waals surface area contributed by atoms with Gasteiger partial charge in [-0.2, -0.15) is 0 Å². The van der Waals surface area contributed by atoms with Crippen molar-refractivity contribution >= 4 is 19.8 Å². The minimum atomic E-state index is -5.26. The van der Waals surface area contributed by atoms with E-state index in [-0.39, 0.29) is 65.5 Å². The Kier molecular flexibility index (Phi) is 28.9. The standard InChI is InChI=1S/C22H35O8P.2Na/c1-3-5-7-8-9-10-11-12-13-14-15-17-22(24)30-20(19-29-31(25,26)27)18-28-21(23)16-6-4-2;;/h2,20H,3,5,7-15,17-19H2,1H3,(H2,25,26,27);;/q;2*+1/p-2/t20-;;/m0../s1. The summed E-state index contributed by atoms with van der Waals surface area (Å²) in [6.07, 6.45) is 16.3. The first-order chi connectivity index (χ1) is 14.8. The molecule has 0 rings (SSSR count). The number of carbonyl (C=O) groups excluding carboxylic acids is 2. The number of carbonyl (C=O) groups is 2. The van der Waals surface area contributed by atoms with Crippen molar-refractivity contribution in [2.45, 2.75) is 90.1 Å². The van der Waals surface area contributed by atoms with Crippen LogP contribution in [0.15, 0.2) is 0 Å². The van der Waals surface area contributed by atoms with Gasteiger partial charge in [-0.1, -0.05) is 71.1 Å². The van der Waals surface area contributed by atoms with E-state index in [2.05, 4.69) is 17.4 Å². The summed E-state index contributed by atoms with van der Waals surface area (Å²) in [5.41, 5.74) is 0. The zero-order valence-electron chi connectivity index (χ0n) is 20.3. The summed E-state index contributed by atoms with van der Waals surface area (Å²) in [5.74, 6) is 4.39. The average molecular weight is 502 g/mol. The van der Waals surface area contributed by atoms with Crippen LogP contribution >= 0.6 is 7.82 Å². The zero-order valence-corrected chi connectivity index (χ0v) is 25.2. The number of phosphoric ester groups is 1. The Morgan fingerprint density at radius 3 is 1.91 bits per heavy atom. The molecule has 0 unspecified atom stereocenters. The van der Waals surface area contributed by atoms with E-state index in [0.29, 0.717) is 6.42 Å². The van der Waals surface area contributed by atoms with E-state index >= 15 is 0 Å². The van der Waals surface area contributed by atoms with Crippen LogP contribution in [0.3, 0.4) is 0 Å². The van der Waals surface area contributed by atoms with Gasteiger partial charge in [0, 0.05) is 12.3 Å². The molecule has 0 aromatic rings. The Bertz CT molecular complexity index is 664. The van der Waals surface area contributed by atoms with E-state index in [0.717, 1.165) is 19.3 Å². The molecular formula is C22H33Na2O8P. The Labute approximate surface area is 242 Å². The van der Waals surface area contributed by atoms with Gasteiger partial charge in [0.15, 0.2) is 6.10 Å². The molecule has 0 bridgehead atoms. The predicted octanol–water partition coefficient (Wildman–Crippen LogP) is -3.37. The molecule has 8 nitrogen and oxygen atoms in total. The van der Waals surface area contributed by atoms with E-state index in [4.69, 9.17) is 15.9 Å². The fraction of sp³-hybridized carbons (Fsp3) is 0.727. The average Bonchev–Trinajstić information content (AvgIpc) is 2.71. The van der Waals surface area contributed by atoms with Crippen LogP contribution in [0, 0.1) is 24.2 Å². The molecule has 0 spiro atoms. The summed E-state index contributed by atoms with van der Waals surface area (Å²) in [4.78, 5) is 44.6.